The molecule has 1 fully saturated rings. The zero-order chi connectivity index (χ0) is 19.9. The van der Waals surface area contributed by atoms with Gasteiger partial charge in [-0.15, -0.1) is 0 Å². The topological polar surface area (TPSA) is 56.6 Å². The second-order valence-electron chi connectivity index (χ2n) is 7.66. The third-order valence-electron chi connectivity index (χ3n) is 5.37. The van der Waals surface area contributed by atoms with Crippen LogP contribution in [0.15, 0.2) is 42.5 Å². The smallest absolute Gasteiger partial charge is 0.222 e. The van der Waals surface area contributed by atoms with E-state index in [4.69, 9.17) is 4.74 Å². The van der Waals surface area contributed by atoms with Gasteiger partial charge in [-0.3, -0.25) is 9.69 Å². The van der Waals surface area contributed by atoms with Crippen molar-refractivity contribution in [2.45, 2.75) is 32.7 Å². The van der Waals surface area contributed by atoms with Crippen LogP contribution in [0.2, 0.25) is 0 Å². The maximum Gasteiger partial charge on any atom is 0.222 e. The van der Waals surface area contributed by atoms with Gasteiger partial charge in [-0.05, 0) is 23.8 Å². The van der Waals surface area contributed by atoms with Crippen LogP contribution in [-0.2, 0) is 4.79 Å². The lowest BCUT2D eigenvalue weighted by Crippen LogP contribution is -2.52. The molecule has 0 bridgehead atoms. The maximum atomic E-state index is 12.5. The predicted molar refractivity (Wildman–Crippen MR) is 111 cm³/mol. The number of amides is 1. The number of nitriles is 1. The van der Waals surface area contributed by atoms with Crippen molar-refractivity contribution in [1.29, 1.82) is 5.26 Å². The first-order valence-corrected chi connectivity index (χ1v) is 10.1. The quantitative estimate of drug-likeness (QED) is 0.689. The molecule has 1 saturated heterocycles. The summed E-state index contributed by atoms with van der Waals surface area (Å²) in [6.07, 6.45) is 1.20. The van der Waals surface area contributed by atoms with Crippen molar-refractivity contribution in [3.8, 4) is 11.8 Å². The number of hydrogen-bond donors (Lipinski definition) is 0. The second-order valence-corrected chi connectivity index (χ2v) is 7.66. The summed E-state index contributed by atoms with van der Waals surface area (Å²) < 4.78 is 5.93. The third kappa shape index (κ3) is 4.82. The van der Waals surface area contributed by atoms with Crippen LogP contribution in [-0.4, -0.2) is 54.5 Å². The summed E-state index contributed by atoms with van der Waals surface area (Å²) in [7, 11) is 0. The summed E-state index contributed by atoms with van der Waals surface area (Å²) in [5, 5.41) is 11.6. The molecule has 1 amide bonds. The number of hydrogen-bond acceptors (Lipinski definition) is 4. The molecule has 1 heterocycles. The molecule has 1 atom stereocenters. The van der Waals surface area contributed by atoms with E-state index in [9.17, 15) is 10.1 Å². The van der Waals surface area contributed by atoms with Crippen molar-refractivity contribution in [2.24, 2.45) is 5.92 Å². The van der Waals surface area contributed by atoms with Crippen LogP contribution in [0.1, 0.15) is 26.7 Å². The van der Waals surface area contributed by atoms with E-state index in [-0.39, 0.29) is 11.9 Å². The molecule has 0 aliphatic carbocycles. The highest BCUT2D eigenvalue weighted by Crippen LogP contribution is 2.25. The minimum atomic E-state index is -0.0636. The van der Waals surface area contributed by atoms with Gasteiger partial charge in [0.25, 0.3) is 0 Å². The summed E-state index contributed by atoms with van der Waals surface area (Å²) in [6, 6.07) is 16.5. The van der Waals surface area contributed by atoms with Crippen molar-refractivity contribution in [3.05, 3.63) is 42.5 Å². The van der Waals surface area contributed by atoms with Gasteiger partial charge in [-0.25, -0.2) is 0 Å². The number of carbonyl (C=O) groups excluding carboxylic acids is 1. The van der Waals surface area contributed by atoms with Crippen molar-refractivity contribution < 1.29 is 9.53 Å². The van der Waals surface area contributed by atoms with E-state index in [1.54, 1.807) is 0 Å². The predicted octanol–water partition coefficient (Wildman–Crippen LogP) is 3.69. The maximum absolute atomic E-state index is 12.5. The normalized spacial score (nSPS) is 16.1. The Hall–Kier alpha value is -2.58. The Morgan fingerprint density at radius 1 is 1.11 bits per heavy atom. The van der Waals surface area contributed by atoms with Gasteiger partial charge in [-0.2, -0.15) is 5.26 Å². The lowest BCUT2D eigenvalue weighted by atomic mass is 10.0. The second kappa shape index (κ2) is 9.57. The molecule has 5 nitrogen and oxygen atoms in total. The van der Waals surface area contributed by atoms with E-state index in [0.29, 0.717) is 38.5 Å². The van der Waals surface area contributed by atoms with E-state index in [1.165, 1.54) is 0 Å². The highest BCUT2D eigenvalue weighted by atomic mass is 16.5. The van der Waals surface area contributed by atoms with Gasteiger partial charge < -0.3 is 9.64 Å². The van der Waals surface area contributed by atoms with E-state index >= 15 is 0 Å². The Morgan fingerprint density at radius 2 is 1.82 bits per heavy atom. The van der Waals surface area contributed by atoms with Crippen LogP contribution >= 0.6 is 0 Å². The molecule has 0 radical (unpaired) electrons. The van der Waals surface area contributed by atoms with Gasteiger partial charge in [0.15, 0.2) is 0 Å². The van der Waals surface area contributed by atoms with E-state index < -0.39 is 0 Å². The lowest BCUT2D eigenvalue weighted by Gasteiger charge is -2.38. The molecule has 28 heavy (non-hydrogen) atoms. The van der Waals surface area contributed by atoms with Gasteiger partial charge in [0.05, 0.1) is 12.7 Å². The number of carbonyl (C=O) groups is 1. The van der Waals surface area contributed by atoms with Crippen molar-refractivity contribution in [2.75, 3.05) is 32.8 Å². The summed E-state index contributed by atoms with van der Waals surface area (Å²) in [5.41, 5.74) is 0. The number of ether oxygens (including phenoxy) is 1. The Bertz CT molecular complexity index is 830. The average Bonchev–Trinajstić information content (AvgIpc) is 2.72. The van der Waals surface area contributed by atoms with E-state index in [1.807, 2.05) is 29.2 Å². The number of fused-ring (bicyclic) bond motifs is 1. The number of benzene rings is 2. The molecule has 0 aromatic heterocycles. The Morgan fingerprint density at radius 3 is 2.54 bits per heavy atom. The largest absolute Gasteiger partial charge is 0.493 e. The van der Waals surface area contributed by atoms with Crippen LogP contribution in [0.3, 0.4) is 0 Å². The molecule has 2 aromatic rings. The molecule has 0 N–H and O–H groups in total. The fourth-order valence-corrected chi connectivity index (χ4v) is 3.79. The van der Waals surface area contributed by atoms with Gasteiger partial charge >= 0.3 is 0 Å². The van der Waals surface area contributed by atoms with Gasteiger partial charge in [0, 0.05) is 38.0 Å². The van der Waals surface area contributed by atoms with Crippen molar-refractivity contribution in [3.63, 3.8) is 0 Å². The van der Waals surface area contributed by atoms with Crippen LogP contribution in [0.5, 0.6) is 5.75 Å². The Labute approximate surface area is 167 Å². The average molecular weight is 380 g/mol. The van der Waals surface area contributed by atoms with E-state index in [0.717, 1.165) is 29.6 Å². The molecule has 0 saturated carbocycles. The number of rotatable bonds is 7. The molecule has 1 aliphatic heterocycles. The first kappa shape index (κ1) is 20.2. The summed E-state index contributed by atoms with van der Waals surface area (Å²) in [5.74, 6) is 1.35. The zero-order valence-corrected chi connectivity index (χ0v) is 16.8. The first-order chi connectivity index (χ1) is 13.6. The molecule has 2 aromatic carbocycles. The van der Waals surface area contributed by atoms with Crippen molar-refractivity contribution >= 4 is 16.7 Å². The minimum Gasteiger partial charge on any atom is -0.493 e. The molecule has 0 spiro atoms. The fraction of sp³-hybridized carbons (Fsp3) is 0.478. The zero-order valence-electron chi connectivity index (χ0n) is 16.8. The number of nitrogens with zero attached hydrogens (tertiary/aromatic N) is 3. The first-order valence-electron chi connectivity index (χ1n) is 10.1. The summed E-state index contributed by atoms with van der Waals surface area (Å²) >= 11 is 0. The standard InChI is InChI=1S/C23H29N3O2/c1-18(2)21(17-24)25-12-14-26(15-13-25)23(27)11-6-16-28-22-10-5-8-19-7-3-4-9-20(19)22/h3-5,7-10,18,21H,6,11-16H2,1-2H3. The molecule has 3 rings (SSSR count). The lowest BCUT2D eigenvalue weighted by molar-refractivity contribution is -0.133. The monoisotopic (exact) mass is 379 g/mol. The molecule has 148 valence electrons. The highest BCUT2D eigenvalue weighted by molar-refractivity contribution is 5.88. The van der Waals surface area contributed by atoms with E-state index in [2.05, 4.69) is 43.0 Å². The Kier molecular flexibility index (Phi) is 6.89. The van der Waals surface area contributed by atoms with Crippen molar-refractivity contribution in [1.82, 2.24) is 9.80 Å². The molecule has 1 aliphatic rings. The van der Waals surface area contributed by atoms with Crippen LogP contribution in [0, 0.1) is 17.2 Å². The van der Waals surface area contributed by atoms with Crippen LogP contribution in [0.25, 0.3) is 10.8 Å². The third-order valence-corrected chi connectivity index (χ3v) is 5.37. The summed E-state index contributed by atoms with van der Waals surface area (Å²) in [6.45, 7) is 7.62. The van der Waals surface area contributed by atoms with Crippen LogP contribution < -0.4 is 4.74 Å². The molecular formula is C23H29N3O2. The molecular weight excluding hydrogens is 350 g/mol. The van der Waals surface area contributed by atoms with Gasteiger partial charge in [0.1, 0.15) is 11.8 Å². The summed E-state index contributed by atoms with van der Waals surface area (Å²) in [4.78, 5) is 16.6. The van der Waals surface area contributed by atoms with Gasteiger partial charge in [-0.1, -0.05) is 50.2 Å². The highest BCUT2D eigenvalue weighted by Gasteiger charge is 2.27. The minimum absolute atomic E-state index is 0.0636. The number of piperazine rings is 1. The SMILES string of the molecule is CC(C)C(C#N)N1CCN(C(=O)CCCOc2cccc3ccccc23)CC1. The van der Waals surface area contributed by atoms with Gasteiger partial charge in [0.2, 0.25) is 5.91 Å². The molecule has 1 unspecified atom stereocenters. The Balaban J connectivity index is 1.42. The fourth-order valence-electron chi connectivity index (χ4n) is 3.79. The van der Waals surface area contributed by atoms with Crippen LogP contribution in [0.4, 0.5) is 0 Å². The molecule has 5 heteroatoms.